The second kappa shape index (κ2) is 7.34. The average Bonchev–Trinajstić information content (AvgIpc) is 3.10. The molecule has 2 aliphatic rings. The third-order valence-electron chi connectivity index (χ3n) is 5.02. The molecular formula is C19H26N2O3. The van der Waals surface area contributed by atoms with Crippen molar-refractivity contribution in [3.05, 3.63) is 29.8 Å². The van der Waals surface area contributed by atoms with Crippen LogP contribution in [0, 0.1) is 17.8 Å². The molecule has 3 unspecified atom stereocenters. The van der Waals surface area contributed by atoms with E-state index < -0.39 is 0 Å². The van der Waals surface area contributed by atoms with Crippen molar-refractivity contribution in [3.63, 3.8) is 0 Å². The molecule has 0 aromatic heterocycles. The lowest BCUT2D eigenvalue weighted by molar-refractivity contribution is -0.117. The number of anilines is 1. The highest BCUT2D eigenvalue weighted by molar-refractivity contribution is 5.97. The quantitative estimate of drug-likeness (QED) is 0.872. The Morgan fingerprint density at radius 2 is 2.00 bits per heavy atom. The molecule has 2 amide bonds. The van der Waals surface area contributed by atoms with E-state index in [2.05, 4.69) is 12.2 Å². The van der Waals surface area contributed by atoms with Gasteiger partial charge in [-0.3, -0.25) is 9.59 Å². The van der Waals surface area contributed by atoms with Crippen molar-refractivity contribution in [2.45, 2.75) is 26.7 Å². The Labute approximate surface area is 143 Å². The van der Waals surface area contributed by atoms with Gasteiger partial charge in [-0.05, 0) is 49.9 Å². The van der Waals surface area contributed by atoms with Gasteiger partial charge in [0, 0.05) is 42.8 Å². The maximum absolute atomic E-state index is 12.7. The number of benzene rings is 1. The molecule has 5 nitrogen and oxygen atoms in total. The minimum atomic E-state index is 0.0399. The van der Waals surface area contributed by atoms with Crippen molar-refractivity contribution in [2.75, 3.05) is 31.6 Å². The van der Waals surface area contributed by atoms with Crippen LogP contribution in [0.25, 0.3) is 0 Å². The summed E-state index contributed by atoms with van der Waals surface area (Å²) in [5.41, 5.74) is 1.41. The molecule has 130 valence electrons. The van der Waals surface area contributed by atoms with E-state index in [0.29, 0.717) is 23.9 Å². The van der Waals surface area contributed by atoms with Gasteiger partial charge in [-0.15, -0.1) is 0 Å². The van der Waals surface area contributed by atoms with Crippen LogP contribution in [0.2, 0.25) is 0 Å². The van der Waals surface area contributed by atoms with E-state index >= 15 is 0 Å². The molecule has 0 radical (unpaired) electrons. The van der Waals surface area contributed by atoms with E-state index in [9.17, 15) is 9.59 Å². The summed E-state index contributed by atoms with van der Waals surface area (Å²) in [7, 11) is 0. The van der Waals surface area contributed by atoms with Gasteiger partial charge in [0.2, 0.25) is 5.91 Å². The third-order valence-corrected chi connectivity index (χ3v) is 5.02. The van der Waals surface area contributed by atoms with Gasteiger partial charge < -0.3 is 15.0 Å². The number of hydrogen-bond donors (Lipinski definition) is 1. The Morgan fingerprint density at radius 3 is 2.54 bits per heavy atom. The van der Waals surface area contributed by atoms with Gasteiger partial charge in [0.1, 0.15) is 0 Å². The number of nitrogens with zero attached hydrogens (tertiary/aromatic N) is 1. The highest BCUT2D eigenvalue weighted by Gasteiger charge is 2.39. The number of amides is 2. The van der Waals surface area contributed by atoms with Crippen molar-refractivity contribution >= 4 is 17.5 Å². The van der Waals surface area contributed by atoms with Gasteiger partial charge in [0.25, 0.3) is 5.91 Å². The monoisotopic (exact) mass is 330 g/mol. The first-order valence-corrected chi connectivity index (χ1v) is 8.86. The standard InChI is InChI=1S/C19H26N2O3/c1-3-21(11-14-8-9-24-12-14)19(23)15-4-6-16(7-5-15)20-18(22)17-10-13(17)2/h4-7,13-14,17H,3,8-12H2,1-2H3,(H,20,22). The molecule has 1 aliphatic heterocycles. The van der Waals surface area contributed by atoms with Crippen LogP contribution in [0.5, 0.6) is 0 Å². The minimum Gasteiger partial charge on any atom is -0.381 e. The van der Waals surface area contributed by atoms with Crippen molar-refractivity contribution in [2.24, 2.45) is 17.8 Å². The molecule has 3 rings (SSSR count). The molecule has 1 saturated heterocycles. The van der Waals surface area contributed by atoms with Gasteiger partial charge in [-0.2, -0.15) is 0 Å². The predicted molar refractivity (Wildman–Crippen MR) is 92.8 cm³/mol. The number of ether oxygens (including phenoxy) is 1. The van der Waals surface area contributed by atoms with Crippen LogP contribution in [-0.4, -0.2) is 43.0 Å². The van der Waals surface area contributed by atoms with Crippen LogP contribution in [-0.2, 0) is 9.53 Å². The summed E-state index contributed by atoms with van der Waals surface area (Å²) >= 11 is 0. The lowest BCUT2D eigenvalue weighted by Crippen LogP contribution is -2.35. The van der Waals surface area contributed by atoms with Gasteiger partial charge in [-0.1, -0.05) is 6.92 Å². The lowest BCUT2D eigenvalue weighted by atomic mass is 10.1. The van der Waals surface area contributed by atoms with E-state index in [1.54, 1.807) is 12.1 Å². The zero-order valence-electron chi connectivity index (χ0n) is 14.5. The number of hydrogen-bond acceptors (Lipinski definition) is 3. The van der Waals surface area contributed by atoms with Crippen molar-refractivity contribution in [1.82, 2.24) is 4.90 Å². The Balaban J connectivity index is 1.58. The number of carbonyl (C=O) groups is 2. The molecule has 2 fully saturated rings. The van der Waals surface area contributed by atoms with Crippen LogP contribution in [0.3, 0.4) is 0 Å². The largest absolute Gasteiger partial charge is 0.381 e. The SMILES string of the molecule is CCN(CC1CCOC1)C(=O)c1ccc(NC(=O)C2CC2C)cc1. The Kier molecular flexibility index (Phi) is 5.19. The molecule has 5 heteroatoms. The highest BCUT2D eigenvalue weighted by atomic mass is 16.5. The molecular weight excluding hydrogens is 304 g/mol. The molecule has 1 heterocycles. The summed E-state index contributed by atoms with van der Waals surface area (Å²) < 4.78 is 5.39. The first kappa shape index (κ1) is 17.0. The molecule has 24 heavy (non-hydrogen) atoms. The fourth-order valence-electron chi connectivity index (χ4n) is 3.20. The van der Waals surface area contributed by atoms with Crippen LogP contribution < -0.4 is 5.32 Å². The normalized spacial score (nSPS) is 25.3. The Morgan fingerprint density at radius 1 is 1.29 bits per heavy atom. The topological polar surface area (TPSA) is 58.6 Å². The first-order chi connectivity index (χ1) is 11.6. The minimum absolute atomic E-state index is 0.0399. The van der Waals surface area contributed by atoms with Crippen LogP contribution >= 0.6 is 0 Å². The van der Waals surface area contributed by atoms with Gasteiger partial charge in [0.05, 0.1) is 6.61 Å². The number of nitrogens with one attached hydrogen (secondary N) is 1. The van der Waals surface area contributed by atoms with Crippen LogP contribution in [0.15, 0.2) is 24.3 Å². The second-order valence-corrected chi connectivity index (χ2v) is 6.96. The molecule has 1 saturated carbocycles. The van der Waals surface area contributed by atoms with E-state index in [-0.39, 0.29) is 17.7 Å². The van der Waals surface area contributed by atoms with E-state index in [4.69, 9.17) is 4.74 Å². The fourth-order valence-corrected chi connectivity index (χ4v) is 3.20. The Bertz CT molecular complexity index is 593. The summed E-state index contributed by atoms with van der Waals surface area (Å²) in [6, 6.07) is 7.21. The van der Waals surface area contributed by atoms with Crippen LogP contribution in [0.1, 0.15) is 37.0 Å². The summed E-state index contributed by atoms with van der Waals surface area (Å²) in [6.45, 7) is 7.05. The number of rotatable bonds is 6. The zero-order chi connectivity index (χ0) is 17.1. The summed E-state index contributed by atoms with van der Waals surface area (Å²) in [5.74, 6) is 1.20. The maximum atomic E-state index is 12.7. The van der Waals surface area contributed by atoms with E-state index in [1.165, 1.54) is 0 Å². The zero-order valence-corrected chi connectivity index (χ0v) is 14.5. The lowest BCUT2D eigenvalue weighted by Gasteiger charge is -2.24. The van der Waals surface area contributed by atoms with Gasteiger partial charge >= 0.3 is 0 Å². The molecule has 0 bridgehead atoms. The van der Waals surface area contributed by atoms with E-state index in [1.807, 2.05) is 24.0 Å². The average molecular weight is 330 g/mol. The molecule has 3 atom stereocenters. The highest BCUT2D eigenvalue weighted by Crippen LogP contribution is 2.38. The predicted octanol–water partition coefficient (Wildman–Crippen LogP) is 2.78. The molecule has 1 aromatic carbocycles. The summed E-state index contributed by atoms with van der Waals surface area (Å²) in [5, 5.41) is 2.92. The summed E-state index contributed by atoms with van der Waals surface area (Å²) in [6.07, 6.45) is 1.99. The van der Waals surface area contributed by atoms with Crippen molar-refractivity contribution in [3.8, 4) is 0 Å². The van der Waals surface area contributed by atoms with Crippen molar-refractivity contribution in [1.29, 1.82) is 0 Å². The number of carbonyl (C=O) groups excluding carboxylic acids is 2. The smallest absolute Gasteiger partial charge is 0.253 e. The van der Waals surface area contributed by atoms with Crippen LogP contribution in [0.4, 0.5) is 5.69 Å². The van der Waals surface area contributed by atoms with Crippen molar-refractivity contribution < 1.29 is 14.3 Å². The maximum Gasteiger partial charge on any atom is 0.253 e. The Hall–Kier alpha value is -1.88. The van der Waals surface area contributed by atoms with Gasteiger partial charge in [0.15, 0.2) is 0 Å². The fraction of sp³-hybridized carbons (Fsp3) is 0.579. The summed E-state index contributed by atoms with van der Waals surface area (Å²) in [4.78, 5) is 26.5. The van der Waals surface area contributed by atoms with Gasteiger partial charge in [-0.25, -0.2) is 0 Å². The first-order valence-electron chi connectivity index (χ1n) is 8.86. The van der Waals surface area contributed by atoms with E-state index in [0.717, 1.165) is 38.3 Å². The molecule has 1 N–H and O–H groups in total. The molecule has 1 aliphatic carbocycles. The third kappa shape index (κ3) is 3.96. The molecule has 0 spiro atoms. The molecule has 1 aromatic rings. The second-order valence-electron chi connectivity index (χ2n) is 6.96.